The molecule has 0 aliphatic carbocycles. The molecule has 0 radical (unpaired) electrons. The van der Waals surface area contributed by atoms with Crippen molar-refractivity contribution in [3.63, 3.8) is 0 Å². The molecule has 0 bridgehead atoms. The van der Waals surface area contributed by atoms with Gasteiger partial charge >= 0.3 is 0 Å². The Labute approximate surface area is 173 Å². The number of hydrogen-bond donors (Lipinski definition) is 0. The molecule has 0 N–H and O–H groups in total. The summed E-state index contributed by atoms with van der Waals surface area (Å²) < 4.78 is 5.91. The molecule has 0 fully saturated rings. The van der Waals surface area contributed by atoms with E-state index in [0.717, 1.165) is 16.7 Å². The van der Waals surface area contributed by atoms with Gasteiger partial charge < -0.3 is 4.74 Å². The first-order valence-corrected chi connectivity index (χ1v) is 10.8. The summed E-state index contributed by atoms with van der Waals surface area (Å²) in [6.45, 7) is 8.48. The van der Waals surface area contributed by atoms with Crippen LogP contribution in [0.15, 0.2) is 71.8 Å². The van der Waals surface area contributed by atoms with Crippen LogP contribution in [0.4, 0.5) is 0 Å². The van der Waals surface area contributed by atoms with Gasteiger partial charge in [0.25, 0.3) is 0 Å². The average Bonchev–Trinajstić information content (AvgIpc) is 2.76. The van der Waals surface area contributed by atoms with Gasteiger partial charge in [-0.15, -0.1) is 11.8 Å². The monoisotopic (exact) mass is 401 g/mol. The molecule has 27 heavy (non-hydrogen) atoms. The lowest BCUT2D eigenvalue weighted by Gasteiger charge is -2.11. The highest BCUT2D eigenvalue weighted by atomic mass is 35.5. The third-order valence-electron chi connectivity index (χ3n) is 3.44. The van der Waals surface area contributed by atoms with E-state index >= 15 is 0 Å². The summed E-state index contributed by atoms with van der Waals surface area (Å²) >= 11 is 7.83. The predicted octanol–water partition coefficient (Wildman–Crippen LogP) is 7.76. The molecule has 0 saturated carbocycles. The van der Waals surface area contributed by atoms with Gasteiger partial charge in [-0.25, -0.2) is 4.98 Å². The number of benzene rings is 2. The largest absolute Gasteiger partial charge is 0.472 e. The zero-order valence-electron chi connectivity index (χ0n) is 16.7. The van der Waals surface area contributed by atoms with Crippen LogP contribution in [0.5, 0.6) is 5.88 Å². The Morgan fingerprint density at radius 2 is 1.56 bits per heavy atom. The van der Waals surface area contributed by atoms with Crippen LogP contribution in [0, 0.1) is 0 Å². The topological polar surface area (TPSA) is 22.1 Å². The number of rotatable bonds is 5. The number of ether oxygens (including phenoxy) is 1. The van der Waals surface area contributed by atoms with Gasteiger partial charge in [0.2, 0.25) is 5.88 Å². The highest BCUT2D eigenvalue weighted by Gasteiger charge is 2.10. The molecular weight excluding hydrogens is 374 g/mol. The van der Waals surface area contributed by atoms with Crippen LogP contribution >= 0.6 is 23.4 Å². The van der Waals surface area contributed by atoms with Gasteiger partial charge in [0, 0.05) is 16.7 Å². The van der Waals surface area contributed by atoms with E-state index in [9.17, 15) is 0 Å². The van der Waals surface area contributed by atoms with Gasteiger partial charge in [-0.05, 0) is 35.6 Å². The van der Waals surface area contributed by atoms with Crippen molar-refractivity contribution in [2.24, 2.45) is 0 Å². The van der Waals surface area contributed by atoms with Gasteiger partial charge in [-0.3, -0.25) is 0 Å². The summed E-state index contributed by atoms with van der Waals surface area (Å²) in [7, 11) is 0. The fraction of sp³-hybridized carbons (Fsp3) is 0.261. The minimum absolute atomic E-state index is 0.478. The minimum atomic E-state index is 0.478. The molecule has 3 rings (SSSR count). The second-order valence-corrected chi connectivity index (χ2v) is 6.33. The molecule has 0 amide bonds. The van der Waals surface area contributed by atoms with Crippen molar-refractivity contribution >= 4 is 23.4 Å². The standard InChI is InChI=1S/C19H16ClNOS.2C2H6/c1-23-17-9-7-15(8-10-17)18-11-16(20)12-21-19(18)22-13-14-5-3-2-4-6-14;2*1-2/h2-12H,13H2,1H3;2*1-2H3. The van der Waals surface area contributed by atoms with E-state index in [0.29, 0.717) is 17.5 Å². The summed E-state index contributed by atoms with van der Waals surface area (Å²) in [5, 5.41) is 0.598. The van der Waals surface area contributed by atoms with Crippen LogP contribution in [0.3, 0.4) is 0 Å². The van der Waals surface area contributed by atoms with Gasteiger partial charge in [0.05, 0.1) is 5.02 Å². The van der Waals surface area contributed by atoms with E-state index in [-0.39, 0.29) is 0 Å². The fourth-order valence-corrected chi connectivity index (χ4v) is 2.81. The van der Waals surface area contributed by atoms with E-state index < -0.39 is 0 Å². The summed E-state index contributed by atoms with van der Waals surface area (Å²) in [5.74, 6) is 0.593. The van der Waals surface area contributed by atoms with Crippen molar-refractivity contribution in [1.29, 1.82) is 0 Å². The SMILES string of the molecule is CC.CC.CSc1ccc(-c2cc(Cl)cnc2OCc2ccccc2)cc1. The lowest BCUT2D eigenvalue weighted by atomic mass is 10.1. The smallest absolute Gasteiger partial charge is 0.221 e. The molecule has 0 atom stereocenters. The first-order chi connectivity index (χ1) is 13.3. The van der Waals surface area contributed by atoms with Crippen molar-refractivity contribution in [2.75, 3.05) is 6.26 Å². The molecule has 2 nitrogen and oxygen atoms in total. The van der Waals surface area contributed by atoms with Crippen molar-refractivity contribution in [3.05, 3.63) is 77.4 Å². The van der Waals surface area contributed by atoms with Crippen molar-refractivity contribution in [1.82, 2.24) is 4.98 Å². The second-order valence-electron chi connectivity index (χ2n) is 5.01. The van der Waals surface area contributed by atoms with E-state index in [2.05, 4.69) is 35.5 Å². The second kappa shape index (κ2) is 13.2. The highest BCUT2D eigenvalue weighted by molar-refractivity contribution is 7.98. The van der Waals surface area contributed by atoms with Crippen molar-refractivity contribution in [3.8, 4) is 17.0 Å². The van der Waals surface area contributed by atoms with Crippen LogP contribution in [-0.2, 0) is 6.61 Å². The summed E-state index contributed by atoms with van der Waals surface area (Å²) in [6.07, 6.45) is 3.67. The number of thioether (sulfide) groups is 1. The molecule has 0 unspecified atom stereocenters. The van der Waals surface area contributed by atoms with E-state index in [1.54, 1.807) is 18.0 Å². The van der Waals surface area contributed by atoms with Crippen LogP contribution in [0.25, 0.3) is 11.1 Å². The van der Waals surface area contributed by atoms with Gasteiger partial charge in [0.1, 0.15) is 6.61 Å². The van der Waals surface area contributed by atoms with Crippen LogP contribution in [0.1, 0.15) is 33.3 Å². The first-order valence-electron chi connectivity index (χ1n) is 9.23. The quantitative estimate of drug-likeness (QED) is 0.408. The molecule has 0 spiro atoms. The number of aromatic nitrogens is 1. The number of pyridine rings is 1. The third kappa shape index (κ3) is 7.28. The molecule has 3 aromatic rings. The normalized spacial score (nSPS) is 9.41. The lowest BCUT2D eigenvalue weighted by molar-refractivity contribution is 0.295. The Morgan fingerprint density at radius 1 is 0.926 bits per heavy atom. The zero-order chi connectivity index (χ0) is 20.1. The van der Waals surface area contributed by atoms with Gasteiger partial charge in [-0.2, -0.15) is 0 Å². The summed E-state index contributed by atoms with van der Waals surface area (Å²) in [5.41, 5.74) is 3.05. The van der Waals surface area contributed by atoms with Gasteiger partial charge in [-0.1, -0.05) is 81.8 Å². The molecule has 1 heterocycles. The Balaban J connectivity index is 0.000000855. The molecule has 4 heteroatoms. The Hall–Kier alpha value is -1.97. The highest BCUT2D eigenvalue weighted by Crippen LogP contribution is 2.32. The first kappa shape index (κ1) is 23.1. The Bertz CT molecular complexity index is 776. The van der Waals surface area contributed by atoms with Crippen molar-refractivity contribution in [2.45, 2.75) is 39.2 Å². The molecule has 0 aliphatic rings. The summed E-state index contributed by atoms with van der Waals surface area (Å²) in [6, 6.07) is 20.2. The molecule has 1 aromatic heterocycles. The Kier molecular flexibility index (Phi) is 11.3. The van der Waals surface area contributed by atoms with Crippen molar-refractivity contribution < 1.29 is 4.74 Å². The zero-order valence-corrected chi connectivity index (χ0v) is 18.3. The van der Waals surface area contributed by atoms with E-state index in [4.69, 9.17) is 16.3 Å². The average molecular weight is 402 g/mol. The van der Waals surface area contributed by atoms with E-state index in [1.165, 1.54) is 4.90 Å². The molecule has 0 aliphatic heterocycles. The molecule has 2 aromatic carbocycles. The van der Waals surface area contributed by atoms with Gasteiger partial charge in [0.15, 0.2) is 0 Å². The minimum Gasteiger partial charge on any atom is -0.472 e. The van der Waals surface area contributed by atoms with Crippen LogP contribution in [0.2, 0.25) is 5.02 Å². The summed E-state index contributed by atoms with van der Waals surface area (Å²) in [4.78, 5) is 5.57. The number of halogens is 1. The number of hydrogen-bond acceptors (Lipinski definition) is 3. The molecular formula is C23H28ClNOS. The Morgan fingerprint density at radius 3 is 2.15 bits per heavy atom. The maximum absolute atomic E-state index is 6.12. The number of nitrogens with zero attached hydrogens (tertiary/aromatic N) is 1. The molecule has 0 saturated heterocycles. The molecule has 144 valence electrons. The maximum Gasteiger partial charge on any atom is 0.221 e. The fourth-order valence-electron chi connectivity index (χ4n) is 2.25. The van der Waals surface area contributed by atoms with E-state index in [1.807, 2.05) is 64.1 Å². The maximum atomic E-state index is 6.12. The third-order valence-corrected chi connectivity index (χ3v) is 4.39. The predicted molar refractivity (Wildman–Crippen MR) is 120 cm³/mol. The lowest BCUT2D eigenvalue weighted by Crippen LogP contribution is -1.99. The van der Waals surface area contributed by atoms with Crippen LogP contribution < -0.4 is 4.74 Å². The van der Waals surface area contributed by atoms with Crippen LogP contribution in [-0.4, -0.2) is 11.2 Å².